The molecule has 1 aliphatic rings. The number of methoxy groups -OCH3 is 1. The number of ether oxygens (including phenoxy) is 2. The van der Waals surface area contributed by atoms with Crippen LogP contribution in [0.25, 0.3) is 0 Å². The zero-order chi connectivity index (χ0) is 21.0. The summed E-state index contributed by atoms with van der Waals surface area (Å²) >= 11 is 4.57. The topological polar surface area (TPSA) is 74.6 Å². The van der Waals surface area contributed by atoms with Gasteiger partial charge in [-0.3, -0.25) is 4.79 Å². The highest BCUT2D eigenvalue weighted by Gasteiger charge is 2.35. The standard InChI is InChI=1S/C22H23N3O3S/c1-4-14-8-6-7-9-17(14)25-20(24-21(26)16(13-23)22(25)29)15-10-11-18(28-5-2)19(12-15)27-3/h6-12,20,29H,4-5H2,1-3H3,(H,24,26). The molecule has 1 atom stereocenters. The molecule has 0 aliphatic carbocycles. The smallest absolute Gasteiger partial charge is 0.266 e. The van der Waals surface area contributed by atoms with Crippen molar-refractivity contribution in [3.8, 4) is 17.6 Å². The van der Waals surface area contributed by atoms with Crippen molar-refractivity contribution in [1.29, 1.82) is 5.26 Å². The number of carbonyl (C=O) groups is 1. The molecule has 150 valence electrons. The first-order chi connectivity index (χ1) is 14.0. The van der Waals surface area contributed by atoms with Gasteiger partial charge in [0.15, 0.2) is 11.5 Å². The number of nitriles is 1. The summed E-state index contributed by atoms with van der Waals surface area (Å²) in [4.78, 5) is 14.4. The molecule has 0 aromatic heterocycles. The molecule has 2 aromatic rings. The van der Waals surface area contributed by atoms with Gasteiger partial charge in [0.25, 0.3) is 5.91 Å². The Morgan fingerprint density at radius 1 is 1.21 bits per heavy atom. The van der Waals surface area contributed by atoms with Gasteiger partial charge < -0.3 is 19.7 Å². The molecule has 0 saturated heterocycles. The van der Waals surface area contributed by atoms with E-state index in [-0.39, 0.29) is 5.57 Å². The average Bonchev–Trinajstić information content (AvgIpc) is 2.74. The highest BCUT2D eigenvalue weighted by molar-refractivity contribution is 7.84. The Hall–Kier alpha value is -3.11. The average molecular weight is 410 g/mol. The largest absolute Gasteiger partial charge is 0.493 e. The van der Waals surface area contributed by atoms with Gasteiger partial charge in [0, 0.05) is 5.69 Å². The maximum absolute atomic E-state index is 12.6. The number of carbonyl (C=O) groups excluding carboxylic acids is 1. The second kappa shape index (κ2) is 8.93. The number of amides is 1. The van der Waals surface area contributed by atoms with Gasteiger partial charge in [-0.1, -0.05) is 31.2 Å². The molecule has 0 saturated carbocycles. The number of nitrogens with one attached hydrogen (secondary N) is 1. The summed E-state index contributed by atoms with van der Waals surface area (Å²) < 4.78 is 11.1. The third-order valence-electron chi connectivity index (χ3n) is 4.75. The molecular weight excluding hydrogens is 386 g/mol. The first-order valence-electron chi connectivity index (χ1n) is 9.37. The molecule has 3 rings (SSSR count). The lowest BCUT2D eigenvalue weighted by molar-refractivity contribution is -0.118. The van der Waals surface area contributed by atoms with E-state index in [1.807, 2.05) is 60.4 Å². The van der Waals surface area contributed by atoms with Crippen LogP contribution in [0.1, 0.15) is 31.1 Å². The van der Waals surface area contributed by atoms with Crippen molar-refractivity contribution in [3.05, 3.63) is 64.2 Å². The lowest BCUT2D eigenvalue weighted by Gasteiger charge is -2.39. The monoisotopic (exact) mass is 409 g/mol. The van der Waals surface area contributed by atoms with E-state index in [4.69, 9.17) is 9.47 Å². The van der Waals surface area contributed by atoms with Crippen LogP contribution in [0.5, 0.6) is 11.5 Å². The number of benzene rings is 2. The fourth-order valence-corrected chi connectivity index (χ4v) is 3.74. The van der Waals surface area contributed by atoms with E-state index in [1.165, 1.54) is 0 Å². The molecule has 29 heavy (non-hydrogen) atoms. The second-order valence-corrected chi connectivity index (χ2v) is 6.81. The Balaban J connectivity index is 2.17. The van der Waals surface area contributed by atoms with Gasteiger partial charge in [0.2, 0.25) is 0 Å². The van der Waals surface area contributed by atoms with Gasteiger partial charge in [0.1, 0.15) is 17.8 Å². The predicted octanol–water partition coefficient (Wildman–Crippen LogP) is 3.96. The summed E-state index contributed by atoms with van der Waals surface area (Å²) in [5, 5.41) is 12.7. The van der Waals surface area contributed by atoms with E-state index in [0.29, 0.717) is 23.1 Å². The van der Waals surface area contributed by atoms with Crippen molar-refractivity contribution in [2.75, 3.05) is 18.6 Å². The molecule has 1 unspecified atom stereocenters. The summed E-state index contributed by atoms with van der Waals surface area (Å²) in [6, 6.07) is 15.4. The zero-order valence-electron chi connectivity index (χ0n) is 16.6. The first-order valence-corrected chi connectivity index (χ1v) is 9.82. The molecule has 0 bridgehead atoms. The number of rotatable bonds is 6. The summed E-state index contributed by atoms with van der Waals surface area (Å²) in [5.74, 6) is 0.736. The van der Waals surface area contributed by atoms with Crippen molar-refractivity contribution in [2.24, 2.45) is 0 Å². The number of anilines is 1. The SMILES string of the molecule is CCOc1ccc(C2NC(=O)C(C#N)=C(S)N2c2ccccc2CC)cc1OC. The number of hydrogen-bond donors (Lipinski definition) is 2. The number of hydrogen-bond acceptors (Lipinski definition) is 6. The van der Waals surface area contributed by atoms with Crippen molar-refractivity contribution in [2.45, 2.75) is 26.4 Å². The van der Waals surface area contributed by atoms with Gasteiger partial charge in [-0.25, -0.2) is 0 Å². The van der Waals surface area contributed by atoms with Crippen LogP contribution >= 0.6 is 12.6 Å². The number of para-hydroxylation sites is 1. The minimum Gasteiger partial charge on any atom is -0.493 e. The predicted molar refractivity (Wildman–Crippen MR) is 115 cm³/mol. The van der Waals surface area contributed by atoms with Crippen molar-refractivity contribution in [3.63, 3.8) is 0 Å². The number of thiol groups is 1. The van der Waals surface area contributed by atoms with E-state index in [0.717, 1.165) is 23.2 Å². The highest BCUT2D eigenvalue weighted by atomic mass is 32.1. The minimum atomic E-state index is -0.552. The molecule has 1 heterocycles. The van der Waals surface area contributed by atoms with Gasteiger partial charge >= 0.3 is 0 Å². The summed E-state index contributed by atoms with van der Waals surface area (Å²) in [6.45, 7) is 4.48. The number of aryl methyl sites for hydroxylation is 1. The molecule has 2 aromatic carbocycles. The molecule has 0 spiro atoms. The molecule has 1 aliphatic heterocycles. The van der Waals surface area contributed by atoms with Crippen molar-refractivity contribution in [1.82, 2.24) is 5.32 Å². The number of nitrogens with zero attached hydrogens (tertiary/aromatic N) is 2. The van der Waals surface area contributed by atoms with E-state index < -0.39 is 12.1 Å². The van der Waals surface area contributed by atoms with Crippen LogP contribution in [-0.2, 0) is 11.2 Å². The van der Waals surface area contributed by atoms with Crippen molar-refractivity contribution < 1.29 is 14.3 Å². The molecule has 0 radical (unpaired) electrons. The van der Waals surface area contributed by atoms with Gasteiger partial charge in [-0.2, -0.15) is 5.26 Å². The van der Waals surface area contributed by atoms with E-state index in [1.54, 1.807) is 7.11 Å². The van der Waals surface area contributed by atoms with Crippen LogP contribution in [0.3, 0.4) is 0 Å². The van der Waals surface area contributed by atoms with Crippen molar-refractivity contribution >= 4 is 24.2 Å². The normalized spacial score (nSPS) is 16.3. The van der Waals surface area contributed by atoms with E-state index >= 15 is 0 Å². The second-order valence-electron chi connectivity index (χ2n) is 6.38. The minimum absolute atomic E-state index is 0.0200. The molecule has 7 heteroatoms. The van der Waals surface area contributed by atoms with Crippen LogP contribution in [0.4, 0.5) is 5.69 Å². The van der Waals surface area contributed by atoms with E-state index in [2.05, 4.69) is 24.9 Å². The van der Waals surface area contributed by atoms with Gasteiger partial charge in [-0.15, -0.1) is 12.6 Å². The lowest BCUT2D eigenvalue weighted by Crippen LogP contribution is -2.46. The highest BCUT2D eigenvalue weighted by Crippen LogP contribution is 2.39. The molecule has 1 N–H and O–H groups in total. The Bertz CT molecular complexity index is 997. The molecule has 6 nitrogen and oxygen atoms in total. The van der Waals surface area contributed by atoms with Crippen LogP contribution in [-0.4, -0.2) is 19.6 Å². The van der Waals surface area contributed by atoms with E-state index in [9.17, 15) is 10.1 Å². The Labute approximate surface area is 176 Å². The van der Waals surface area contributed by atoms with Gasteiger partial charge in [0.05, 0.1) is 18.7 Å². The third kappa shape index (κ3) is 3.89. The summed E-state index contributed by atoms with van der Waals surface area (Å²) in [7, 11) is 1.57. The zero-order valence-corrected chi connectivity index (χ0v) is 17.5. The van der Waals surface area contributed by atoms with Gasteiger partial charge in [-0.05, 0) is 42.7 Å². The van der Waals surface area contributed by atoms with Crippen LogP contribution in [0.15, 0.2) is 53.1 Å². The molecular formula is C22H23N3O3S. The Morgan fingerprint density at radius 3 is 2.62 bits per heavy atom. The fraction of sp³-hybridized carbons (Fsp3) is 0.273. The first kappa shape index (κ1) is 20.6. The third-order valence-corrected chi connectivity index (χ3v) is 5.19. The van der Waals surface area contributed by atoms with Crippen LogP contribution < -0.4 is 19.7 Å². The van der Waals surface area contributed by atoms with Crippen LogP contribution in [0.2, 0.25) is 0 Å². The fourth-order valence-electron chi connectivity index (χ4n) is 3.37. The molecule has 0 fully saturated rings. The Morgan fingerprint density at radius 2 is 1.97 bits per heavy atom. The lowest BCUT2D eigenvalue weighted by atomic mass is 10.0. The quantitative estimate of drug-likeness (QED) is 0.707. The maximum Gasteiger partial charge on any atom is 0.266 e. The summed E-state index contributed by atoms with van der Waals surface area (Å²) in [6.07, 6.45) is 0.243. The Kier molecular flexibility index (Phi) is 6.35. The van der Waals surface area contributed by atoms with Crippen LogP contribution in [0, 0.1) is 11.3 Å². The maximum atomic E-state index is 12.6. The summed E-state index contributed by atoms with van der Waals surface area (Å²) in [5.41, 5.74) is 2.72. The molecule has 1 amide bonds.